The normalized spacial score (nSPS) is 20.8. The van der Waals surface area contributed by atoms with Crippen LogP contribution in [0.5, 0.6) is 0 Å². The third-order valence-corrected chi connectivity index (χ3v) is 4.41. The molecule has 0 aromatic heterocycles. The van der Waals surface area contributed by atoms with E-state index in [-0.39, 0.29) is 5.82 Å². The Bertz CT molecular complexity index is 425. The summed E-state index contributed by atoms with van der Waals surface area (Å²) >= 11 is 0. The quantitative estimate of drug-likeness (QED) is 0.842. The molecule has 2 rings (SSSR count). The largest absolute Gasteiger partial charge is 0.376 e. The second-order valence-corrected chi connectivity index (χ2v) is 5.69. The van der Waals surface area contributed by atoms with Gasteiger partial charge in [0.15, 0.2) is 0 Å². The van der Waals surface area contributed by atoms with E-state index in [1.807, 2.05) is 13.0 Å². The van der Waals surface area contributed by atoms with Crippen molar-refractivity contribution in [2.45, 2.75) is 57.1 Å². The van der Waals surface area contributed by atoms with Gasteiger partial charge in [-0.25, -0.2) is 4.39 Å². The maximum atomic E-state index is 14.0. The van der Waals surface area contributed by atoms with Gasteiger partial charge in [-0.05, 0) is 25.8 Å². The summed E-state index contributed by atoms with van der Waals surface area (Å²) in [7, 11) is 1.71. The van der Waals surface area contributed by atoms with Crippen LogP contribution in [-0.2, 0) is 4.74 Å². The van der Waals surface area contributed by atoms with Crippen molar-refractivity contribution in [3.05, 3.63) is 35.1 Å². The Labute approximate surface area is 115 Å². The van der Waals surface area contributed by atoms with E-state index >= 15 is 0 Å². The Morgan fingerprint density at radius 3 is 2.42 bits per heavy atom. The standard InChI is InChI=1S/C16H24FNO/c1-12-7-8-14(17)13(11-12)15(18)16(19-2)9-5-3-4-6-10-16/h7-8,11,15H,3-6,9-10,18H2,1-2H3. The lowest BCUT2D eigenvalue weighted by molar-refractivity contribution is -0.0449. The van der Waals surface area contributed by atoms with Crippen LogP contribution >= 0.6 is 0 Å². The molecule has 1 aromatic carbocycles. The molecule has 1 fully saturated rings. The predicted octanol–water partition coefficient (Wildman–Crippen LogP) is 3.87. The summed E-state index contributed by atoms with van der Waals surface area (Å²) in [5.74, 6) is -0.223. The number of hydrogen-bond acceptors (Lipinski definition) is 2. The molecule has 0 bridgehead atoms. The summed E-state index contributed by atoms with van der Waals surface area (Å²) in [4.78, 5) is 0. The number of aryl methyl sites for hydroxylation is 1. The molecule has 0 heterocycles. The summed E-state index contributed by atoms with van der Waals surface area (Å²) in [6, 6.07) is 4.74. The molecule has 0 amide bonds. The highest BCUT2D eigenvalue weighted by molar-refractivity contribution is 5.29. The summed E-state index contributed by atoms with van der Waals surface area (Å²) in [6.07, 6.45) is 6.47. The van der Waals surface area contributed by atoms with Crippen LogP contribution in [0.15, 0.2) is 18.2 Å². The zero-order valence-electron chi connectivity index (χ0n) is 11.9. The number of nitrogens with two attached hydrogens (primary N) is 1. The molecule has 1 aromatic rings. The molecule has 0 aliphatic heterocycles. The van der Waals surface area contributed by atoms with Gasteiger partial charge in [-0.2, -0.15) is 0 Å². The van der Waals surface area contributed by atoms with E-state index in [0.717, 1.165) is 31.2 Å². The van der Waals surface area contributed by atoms with Crippen molar-refractivity contribution in [1.29, 1.82) is 0 Å². The number of ether oxygens (including phenoxy) is 1. The molecule has 1 saturated carbocycles. The fourth-order valence-corrected chi connectivity index (χ4v) is 3.15. The lowest BCUT2D eigenvalue weighted by atomic mass is 9.82. The van der Waals surface area contributed by atoms with E-state index < -0.39 is 11.6 Å². The van der Waals surface area contributed by atoms with Gasteiger partial charge >= 0.3 is 0 Å². The van der Waals surface area contributed by atoms with Crippen LogP contribution in [0.25, 0.3) is 0 Å². The average molecular weight is 265 g/mol. The first-order valence-corrected chi connectivity index (χ1v) is 7.16. The Morgan fingerprint density at radius 1 is 1.21 bits per heavy atom. The first-order valence-electron chi connectivity index (χ1n) is 7.16. The van der Waals surface area contributed by atoms with Gasteiger partial charge in [0.05, 0.1) is 11.6 Å². The predicted molar refractivity (Wildman–Crippen MR) is 75.5 cm³/mol. The first-order chi connectivity index (χ1) is 9.09. The van der Waals surface area contributed by atoms with Crippen molar-refractivity contribution in [2.75, 3.05) is 7.11 Å². The maximum Gasteiger partial charge on any atom is 0.128 e. The summed E-state index contributed by atoms with van der Waals surface area (Å²) in [5, 5.41) is 0. The van der Waals surface area contributed by atoms with Crippen molar-refractivity contribution < 1.29 is 9.13 Å². The topological polar surface area (TPSA) is 35.2 Å². The highest BCUT2D eigenvalue weighted by Crippen LogP contribution is 2.39. The molecule has 0 saturated heterocycles. The van der Waals surface area contributed by atoms with Crippen molar-refractivity contribution in [1.82, 2.24) is 0 Å². The van der Waals surface area contributed by atoms with E-state index in [1.54, 1.807) is 13.2 Å². The Hall–Kier alpha value is -0.930. The molecular weight excluding hydrogens is 241 g/mol. The molecule has 1 atom stereocenters. The van der Waals surface area contributed by atoms with Gasteiger partial charge in [-0.15, -0.1) is 0 Å². The van der Waals surface area contributed by atoms with Crippen LogP contribution in [0.3, 0.4) is 0 Å². The summed E-state index contributed by atoms with van der Waals surface area (Å²) in [6.45, 7) is 1.96. The average Bonchev–Trinajstić information content (AvgIpc) is 2.67. The molecule has 106 valence electrons. The van der Waals surface area contributed by atoms with Crippen LogP contribution in [0, 0.1) is 12.7 Å². The fraction of sp³-hybridized carbons (Fsp3) is 0.625. The van der Waals surface area contributed by atoms with Gasteiger partial charge in [0.25, 0.3) is 0 Å². The van der Waals surface area contributed by atoms with Crippen LogP contribution in [0.2, 0.25) is 0 Å². The number of hydrogen-bond donors (Lipinski definition) is 1. The van der Waals surface area contributed by atoms with Crippen LogP contribution in [0.1, 0.15) is 55.7 Å². The zero-order valence-corrected chi connectivity index (χ0v) is 11.9. The van der Waals surface area contributed by atoms with E-state index in [1.165, 1.54) is 18.9 Å². The number of halogens is 1. The van der Waals surface area contributed by atoms with Crippen molar-refractivity contribution >= 4 is 0 Å². The summed E-state index contributed by atoms with van der Waals surface area (Å²) in [5.41, 5.74) is 7.60. The second-order valence-electron chi connectivity index (χ2n) is 5.69. The van der Waals surface area contributed by atoms with E-state index in [2.05, 4.69) is 0 Å². The summed E-state index contributed by atoms with van der Waals surface area (Å²) < 4.78 is 19.8. The molecule has 2 N–H and O–H groups in total. The van der Waals surface area contributed by atoms with Crippen LogP contribution in [-0.4, -0.2) is 12.7 Å². The van der Waals surface area contributed by atoms with Gasteiger partial charge in [0.2, 0.25) is 0 Å². The van der Waals surface area contributed by atoms with Gasteiger partial charge in [-0.3, -0.25) is 0 Å². The van der Waals surface area contributed by atoms with Gasteiger partial charge in [0, 0.05) is 12.7 Å². The highest BCUT2D eigenvalue weighted by atomic mass is 19.1. The van der Waals surface area contributed by atoms with E-state index in [9.17, 15) is 4.39 Å². The van der Waals surface area contributed by atoms with E-state index in [4.69, 9.17) is 10.5 Å². The number of benzene rings is 1. The second kappa shape index (κ2) is 6.02. The molecule has 1 aliphatic rings. The third-order valence-electron chi connectivity index (χ3n) is 4.41. The molecule has 1 unspecified atom stereocenters. The van der Waals surface area contributed by atoms with Crippen LogP contribution < -0.4 is 5.73 Å². The van der Waals surface area contributed by atoms with Crippen LogP contribution in [0.4, 0.5) is 4.39 Å². The van der Waals surface area contributed by atoms with Crippen molar-refractivity contribution in [3.8, 4) is 0 Å². The lowest BCUT2D eigenvalue weighted by Crippen LogP contribution is -2.43. The van der Waals surface area contributed by atoms with Gasteiger partial charge in [0.1, 0.15) is 5.82 Å². The minimum atomic E-state index is -0.412. The molecule has 1 aliphatic carbocycles. The first kappa shape index (κ1) is 14.5. The third kappa shape index (κ3) is 2.98. The monoisotopic (exact) mass is 265 g/mol. The minimum Gasteiger partial charge on any atom is -0.376 e. The molecule has 19 heavy (non-hydrogen) atoms. The molecule has 0 spiro atoms. The van der Waals surface area contributed by atoms with Gasteiger partial charge < -0.3 is 10.5 Å². The van der Waals surface area contributed by atoms with Crippen molar-refractivity contribution in [2.24, 2.45) is 5.73 Å². The molecule has 2 nitrogen and oxygen atoms in total. The Kier molecular flexibility index (Phi) is 4.58. The molecular formula is C16H24FNO. The van der Waals surface area contributed by atoms with Crippen molar-refractivity contribution in [3.63, 3.8) is 0 Å². The Morgan fingerprint density at radius 2 is 1.84 bits per heavy atom. The zero-order chi connectivity index (χ0) is 13.9. The minimum absolute atomic E-state index is 0.223. The lowest BCUT2D eigenvalue weighted by Gasteiger charge is -2.37. The molecule has 3 heteroatoms. The highest BCUT2D eigenvalue weighted by Gasteiger charge is 2.39. The Balaban J connectivity index is 2.33. The smallest absolute Gasteiger partial charge is 0.128 e. The maximum absolute atomic E-state index is 14.0. The molecule has 0 radical (unpaired) electrons. The fourth-order valence-electron chi connectivity index (χ4n) is 3.15. The van der Waals surface area contributed by atoms with E-state index in [0.29, 0.717) is 5.56 Å². The van der Waals surface area contributed by atoms with Gasteiger partial charge in [-0.1, -0.05) is 43.4 Å². The number of methoxy groups -OCH3 is 1. The SMILES string of the molecule is COC1(C(N)c2cc(C)ccc2F)CCCCCC1. The number of rotatable bonds is 3.